The molecule has 4 atom stereocenters. The molecule has 1 amide bonds. The molecular formula is C21H20N4O4S. The number of para-hydroxylation sites is 1. The van der Waals surface area contributed by atoms with Gasteiger partial charge in [-0.2, -0.15) is 5.26 Å². The highest BCUT2D eigenvalue weighted by atomic mass is 32.1. The van der Waals surface area contributed by atoms with Gasteiger partial charge < -0.3 is 24.8 Å². The molecule has 0 bridgehead atoms. The van der Waals surface area contributed by atoms with Gasteiger partial charge in [-0.15, -0.1) is 0 Å². The number of nitriles is 1. The van der Waals surface area contributed by atoms with E-state index >= 15 is 0 Å². The number of benzene rings is 2. The molecular weight excluding hydrogens is 404 g/mol. The fourth-order valence-electron chi connectivity index (χ4n) is 3.46. The average molecular weight is 424 g/mol. The molecule has 8 nitrogen and oxygen atoms in total. The average Bonchev–Trinajstić information content (AvgIpc) is 3.33. The topological polar surface area (TPSA) is 105 Å². The van der Waals surface area contributed by atoms with Crippen molar-refractivity contribution >= 4 is 34.8 Å². The molecule has 0 spiro atoms. The summed E-state index contributed by atoms with van der Waals surface area (Å²) in [7, 11) is 0. The van der Waals surface area contributed by atoms with Crippen molar-refractivity contribution in [2.75, 3.05) is 23.8 Å². The first-order chi connectivity index (χ1) is 14.6. The summed E-state index contributed by atoms with van der Waals surface area (Å²) in [6, 6.07) is 18.0. The molecule has 4 rings (SSSR count). The van der Waals surface area contributed by atoms with Gasteiger partial charge in [0.1, 0.15) is 12.2 Å². The maximum atomic E-state index is 12.2. The van der Waals surface area contributed by atoms with Crippen LogP contribution in [0, 0.1) is 11.3 Å². The van der Waals surface area contributed by atoms with Crippen LogP contribution in [-0.2, 0) is 14.2 Å². The van der Waals surface area contributed by atoms with Gasteiger partial charge in [0.2, 0.25) is 0 Å². The van der Waals surface area contributed by atoms with Gasteiger partial charge in [-0.05, 0) is 48.6 Å². The number of carbonyl (C=O) groups is 1. The van der Waals surface area contributed by atoms with E-state index in [4.69, 9.17) is 31.7 Å². The fraction of sp³-hybridized carbons (Fsp3) is 0.286. The van der Waals surface area contributed by atoms with Gasteiger partial charge in [-0.1, -0.05) is 18.2 Å². The highest BCUT2D eigenvalue weighted by Gasteiger charge is 2.49. The molecule has 30 heavy (non-hydrogen) atoms. The summed E-state index contributed by atoms with van der Waals surface area (Å²) in [6.07, 6.45) is -1.68. The Bertz CT molecular complexity index is 948. The van der Waals surface area contributed by atoms with Crippen molar-refractivity contribution in [2.45, 2.75) is 24.4 Å². The summed E-state index contributed by atoms with van der Waals surface area (Å²) < 4.78 is 17.1. The number of ether oxygens (including phenoxy) is 3. The molecule has 2 aromatic rings. The van der Waals surface area contributed by atoms with Crippen molar-refractivity contribution in [3.05, 3.63) is 60.2 Å². The fourth-order valence-corrected chi connectivity index (χ4v) is 3.73. The Balaban J connectivity index is 1.27. The largest absolute Gasteiger partial charge is 0.441 e. The molecule has 3 N–H and O–H groups in total. The van der Waals surface area contributed by atoms with Crippen LogP contribution in [0.5, 0.6) is 0 Å². The molecule has 0 saturated carbocycles. The second-order valence-corrected chi connectivity index (χ2v) is 7.33. The third kappa shape index (κ3) is 4.68. The first-order valence-corrected chi connectivity index (χ1v) is 9.87. The normalized spacial score (nSPS) is 24.4. The molecule has 4 unspecified atom stereocenters. The van der Waals surface area contributed by atoms with E-state index in [9.17, 15) is 4.79 Å². The van der Waals surface area contributed by atoms with Crippen LogP contribution in [0.4, 0.5) is 16.2 Å². The molecule has 154 valence electrons. The lowest BCUT2D eigenvalue weighted by Gasteiger charge is -2.20. The number of fused-ring (bicyclic) bond motifs is 1. The van der Waals surface area contributed by atoms with Crippen molar-refractivity contribution < 1.29 is 19.0 Å². The first-order valence-electron chi connectivity index (χ1n) is 9.46. The zero-order chi connectivity index (χ0) is 20.9. The van der Waals surface area contributed by atoms with Gasteiger partial charge in [0, 0.05) is 11.4 Å². The summed E-state index contributed by atoms with van der Waals surface area (Å²) in [5.74, 6) is 0. The second-order valence-electron chi connectivity index (χ2n) is 6.92. The minimum absolute atomic E-state index is 0.167. The number of rotatable bonds is 4. The molecule has 0 radical (unpaired) electrons. The summed E-state index contributed by atoms with van der Waals surface area (Å²) in [5, 5.41) is 18.2. The predicted octanol–water partition coefficient (Wildman–Crippen LogP) is 2.63. The van der Waals surface area contributed by atoms with Crippen molar-refractivity contribution in [1.82, 2.24) is 5.32 Å². The van der Waals surface area contributed by atoms with Crippen LogP contribution in [0.3, 0.4) is 0 Å². The highest BCUT2D eigenvalue weighted by molar-refractivity contribution is 7.80. The lowest BCUT2D eigenvalue weighted by molar-refractivity contribution is 0.00880. The molecule has 0 aromatic heterocycles. The van der Waals surface area contributed by atoms with Crippen LogP contribution in [-0.4, -0.2) is 48.8 Å². The van der Waals surface area contributed by atoms with Crippen molar-refractivity contribution in [3.8, 4) is 6.07 Å². The van der Waals surface area contributed by atoms with Crippen LogP contribution in [0.25, 0.3) is 0 Å². The molecule has 9 heteroatoms. The second kappa shape index (κ2) is 9.09. The molecule has 2 fully saturated rings. The summed E-state index contributed by atoms with van der Waals surface area (Å²) in [4.78, 5) is 12.2. The minimum Gasteiger partial charge on any atom is -0.441 e. The number of amides is 1. The van der Waals surface area contributed by atoms with Crippen LogP contribution < -0.4 is 16.0 Å². The summed E-state index contributed by atoms with van der Waals surface area (Å²) in [5.41, 5.74) is 2.00. The molecule has 2 heterocycles. The number of nitrogens with one attached hydrogen (secondary N) is 3. The van der Waals surface area contributed by atoms with Gasteiger partial charge in [0.25, 0.3) is 0 Å². The van der Waals surface area contributed by atoms with Gasteiger partial charge in [0.05, 0.1) is 30.9 Å². The molecule has 2 aliphatic heterocycles. The number of anilines is 2. The zero-order valence-corrected chi connectivity index (χ0v) is 16.7. The number of carbonyl (C=O) groups excluding carboxylic acids is 1. The minimum atomic E-state index is -0.548. The zero-order valence-electron chi connectivity index (χ0n) is 15.9. The van der Waals surface area contributed by atoms with Crippen molar-refractivity contribution in [2.24, 2.45) is 0 Å². The van der Waals surface area contributed by atoms with Crippen molar-refractivity contribution in [3.63, 3.8) is 0 Å². The third-order valence-corrected chi connectivity index (χ3v) is 5.09. The van der Waals surface area contributed by atoms with E-state index in [1.165, 1.54) is 0 Å². The van der Waals surface area contributed by atoms with Gasteiger partial charge in [0.15, 0.2) is 11.2 Å². The maximum absolute atomic E-state index is 12.2. The summed E-state index contributed by atoms with van der Waals surface area (Å²) >= 11 is 5.37. The first kappa shape index (κ1) is 20.1. The van der Waals surface area contributed by atoms with E-state index in [0.717, 1.165) is 5.69 Å². The quantitative estimate of drug-likeness (QED) is 0.644. The Labute approximate surface area is 179 Å². The SMILES string of the molecule is N#Cc1ccc(NC(=S)NC2COC3C(OC(=O)Nc4ccccc4)COC23)cc1. The number of thiocarbonyl (C=S) groups is 1. The molecule has 2 aliphatic rings. The third-order valence-electron chi connectivity index (χ3n) is 4.87. The Kier molecular flexibility index (Phi) is 6.09. The van der Waals surface area contributed by atoms with E-state index in [1.54, 1.807) is 36.4 Å². The molecule has 0 aliphatic carbocycles. The van der Waals surface area contributed by atoms with Crippen LogP contribution in [0.1, 0.15) is 5.56 Å². The maximum Gasteiger partial charge on any atom is 0.412 e. The van der Waals surface area contributed by atoms with E-state index in [1.807, 2.05) is 18.2 Å². The van der Waals surface area contributed by atoms with Crippen molar-refractivity contribution in [1.29, 1.82) is 5.26 Å². The standard InChI is InChI=1S/C21H20N4O4S/c22-10-13-6-8-15(9-7-13)23-20(30)25-16-11-27-19-17(12-28-18(16)19)29-21(26)24-14-4-2-1-3-5-14/h1-9,16-19H,11-12H2,(H,24,26)(H2,23,25,30). The molecule has 2 saturated heterocycles. The Morgan fingerprint density at radius 1 is 1.00 bits per heavy atom. The van der Waals surface area contributed by atoms with Crippen LogP contribution in [0.15, 0.2) is 54.6 Å². The Hall–Kier alpha value is -3.19. The highest BCUT2D eigenvalue weighted by Crippen LogP contribution is 2.29. The van der Waals surface area contributed by atoms with E-state index in [0.29, 0.717) is 23.0 Å². The van der Waals surface area contributed by atoms with E-state index < -0.39 is 12.2 Å². The van der Waals surface area contributed by atoms with Gasteiger partial charge in [-0.25, -0.2) is 4.79 Å². The van der Waals surface area contributed by atoms with Crippen LogP contribution in [0.2, 0.25) is 0 Å². The number of hydrogen-bond acceptors (Lipinski definition) is 6. The number of hydrogen-bond donors (Lipinski definition) is 3. The summed E-state index contributed by atoms with van der Waals surface area (Å²) in [6.45, 7) is 0.635. The number of nitrogens with zero attached hydrogens (tertiary/aromatic N) is 1. The lowest BCUT2D eigenvalue weighted by atomic mass is 10.1. The van der Waals surface area contributed by atoms with Crippen LogP contribution >= 0.6 is 12.2 Å². The molecule has 2 aromatic carbocycles. The van der Waals surface area contributed by atoms with Gasteiger partial charge in [-0.3, -0.25) is 5.32 Å². The monoisotopic (exact) mass is 424 g/mol. The Morgan fingerprint density at radius 2 is 1.70 bits per heavy atom. The van der Waals surface area contributed by atoms with Gasteiger partial charge >= 0.3 is 6.09 Å². The predicted molar refractivity (Wildman–Crippen MR) is 114 cm³/mol. The Morgan fingerprint density at radius 3 is 2.43 bits per heavy atom. The smallest absolute Gasteiger partial charge is 0.412 e. The van der Waals surface area contributed by atoms with E-state index in [-0.39, 0.29) is 24.9 Å². The van der Waals surface area contributed by atoms with E-state index in [2.05, 4.69) is 22.0 Å². The lowest BCUT2D eigenvalue weighted by Crippen LogP contribution is -2.46.